The van der Waals surface area contributed by atoms with Crippen molar-refractivity contribution in [3.8, 4) is 5.75 Å². The Morgan fingerprint density at radius 3 is 2.76 bits per heavy atom. The molecule has 2 heterocycles. The number of aryl methyl sites for hydroxylation is 1. The average Bonchev–Trinajstić information content (AvgIpc) is 3.14. The van der Waals surface area contributed by atoms with E-state index in [0.29, 0.717) is 28.5 Å². The third kappa shape index (κ3) is 4.18. The maximum Gasteiger partial charge on any atom is 0.340 e. The number of benzene rings is 1. The number of H-pyrrole nitrogens is 1. The van der Waals surface area contributed by atoms with E-state index < -0.39 is 0 Å². The highest BCUT2D eigenvalue weighted by atomic mass is 79.9. The highest BCUT2D eigenvalue weighted by Gasteiger charge is 2.22. The van der Waals surface area contributed by atoms with Crippen LogP contribution in [0.25, 0.3) is 10.9 Å². The van der Waals surface area contributed by atoms with Crippen molar-refractivity contribution in [3.63, 3.8) is 0 Å². The minimum Gasteiger partial charge on any atom is -0.484 e. The summed E-state index contributed by atoms with van der Waals surface area (Å²) in [6, 6.07) is 3.82. The van der Waals surface area contributed by atoms with Gasteiger partial charge in [0.1, 0.15) is 12.4 Å². The average molecular weight is 482 g/mol. The third-order valence-corrected chi connectivity index (χ3v) is 5.63. The molecule has 0 unspecified atom stereocenters. The van der Waals surface area contributed by atoms with Gasteiger partial charge < -0.3 is 19.9 Å². The van der Waals surface area contributed by atoms with Crippen LogP contribution in [0.2, 0.25) is 0 Å². The number of halogens is 1. The second-order valence-corrected chi connectivity index (χ2v) is 7.83. The summed E-state index contributed by atoms with van der Waals surface area (Å²) < 4.78 is 15.7. The van der Waals surface area contributed by atoms with E-state index in [1.165, 1.54) is 4.68 Å². The van der Waals surface area contributed by atoms with E-state index in [1.807, 2.05) is 19.1 Å². The van der Waals surface area contributed by atoms with Crippen molar-refractivity contribution in [1.29, 1.82) is 0 Å². The molecule has 29 heavy (non-hydrogen) atoms. The minimum absolute atomic E-state index is 0.123. The molecule has 0 aliphatic rings. The van der Waals surface area contributed by atoms with Crippen LogP contribution in [0.5, 0.6) is 5.75 Å². The first kappa shape index (κ1) is 21.4. The number of nitrogen functional groups attached to an aromatic ring is 1. The summed E-state index contributed by atoms with van der Waals surface area (Å²) >= 11 is 8.59. The van der Waals surface area contributed by atoms with E-state index in [4.69, 9.17) is 27.5 Å². The Bertz CT molecular complexity index is 1100. The molecular formula is C19H24BrN5O3S. The summed E-state index contributed by atoms with van der Waals surface area (Å²) in [6.07, 6.45) is 2.08. The van der Waals surface area contributed by atoms with Crippen molar-refractivity contribution in [3.05, 3.63) is 38.5 Å². The van der Waals surface area contributed by atoms with E-state index in [2.05, 4.69) is 37.6 Å². The van der Waals surface area contributed by atoms with Crippen LogP contribution in [0, 0.1) is 11.7 Å². The number of fused-ring (bicyclic) bond motifs is 1. The van der Waals surface area contributed by atoms with E-state index in [9.17, 15) is 4.79 Å². The van der Waals surface area contributed by atoms with Crippen molar-refractivity contribution >= 4 is 45.0 Å². The Morgan fingerprint density at radius 2 is 2.14 bits per heavy atom. The number of ether oxygens (including phenoxy) is 2. The van der Waals surface area contributed by atoms with Gasteiger partial charge in [-0.05, 0) is 60.5 Å². The van der Waals surface area contributed by atoms with Gasteiger partial charge in [0, 0.05) is 17.6 Å². The van der Waals surface area contributed by atoms with Gasteiger partial charge >= 0.3 is 5.97 Å². The molecule has 2 aromatic heterocycles. The number of esters is 1. The largest absolute Gasteiger partial charge is 0.484 e. The lowest BCUT2D eigenvalue weighted by Gasteiger charge is -2.10. The highest BCUT2D eigenvalue weighted by molar-refractivity contribution is 9.10. The maximum atomic E-state index is 12.7. The highest BCUT2D eigenvalue weighted by Crippen LogP contribution is 2.36. The Morgan fingerprint density at radius 1 is 1.38 bits per heavy atom. The second-order valence-electron chi connectivity index (χ2n) is 6.59. The fourth-order valence-electron chi connectivity index (χ4n) is 3.23. The zero-order valence-electron chi connectivity index (χ0n) is 16.6. The van der Waals surface area contributed by atoms with E-state index in [-0.39, 0.29) is 12.6 Å². The van der Waals surface area contributed by atoms with Gasteiger partial charge in [-0.25, -0.2) is 9.47 Å². The predicted octanol–water partition coefficient (Wildman–Crippen LogP) is 4.24. The Labute approximate surface area is 182 Å². The number of hydrogen-bond acceptors (Lipinski definition) is 6. The van der Waals surface area contributed by atoms with Crippen LogP contribution in [0.4, 0.5) is 0 Å². The molecule has 3 N–H and O–H groups in total. The molecule has 156 valence electrons. The minimum atomic E-state index is -0.332. The monoisotopic (exact) mass is 481 g/mol. The van der Waals surface area contributed by atoms with Gasteiger partial charge in [-0.2, -0.15) is 5.10 Å². The number of hydrogen-bond donors (Lipinski definition) is 2. The summed E-state index contributed by atoms with van der Waals surface area (Å²) in [5.74, 6) is 6.53. The molecule has 0 radical (unpaired) electrons. The number of nitrogens with one attached hydrogen (secondary N) is 1. The molecule has 3 rings (SSSR count). The van der Waals surface area contributed by atoms with Crippen LogP contribution in [-0.4, -0.2) is 32.0 Å². The van der Waals surface area contributed by atoms with Crippen molar-refractivity contribution in [2.24, 2.45) is 0 Å². The van der Waals surface area contributed by atoms with Crippen LogP contribution in [0.15, 0.2) is 16.6 Å². The van der Waals surface area contributed by atoms with Gasteiger partial charge in [0.25, 0.3) is 0 Å². The van der Waals surface area contributed by atoms with E-state index >= 15 is 0 Å². The van der Waals surface area contributed by atoms with E-state index in [0.717, 1.165) is 40.5 Å². The lowest BCUT2D eigenvalue weighted by Crippen LogP contribution is -2.14. The first-order valence-electron chi connectivity index (χ1n) is 9.42. The quantitative estimate of drug-likeness (QED) is 0.283. The number of nitrogens with zero attached hydrogens (tertiary/aromatic N) is 3. The van der Waals surface area contributed by atoms with Gasteiger partial charge in [-0.1, -0.05) is 13.3 Å². The molecular weight excluding hydrogens is 458 g/mol. The lowest BCUT2D eigenvalue weighted by atomic mass is 10.1. The summed E-state index contributed by atoms with van der Waals surface area (Å²) in [5, 5.41) is 7.46. The van der Waals surface area contributed by atoms with Crippen LogP contribution in [-0.2, 0) is 17.9 Å². The molecule has 1 aromatic carbocycles. The van der Waals surface area contributed by atoms with Crippen molar-refractivity contribution in [2.75, 3.05) is 12.4 Å². The summed E-state index contributed by atoms with van der Waals surface area (Å²) in [6.45, 7) is 7.16. The smallest absolute Gasteiger partial charge is 0.340 e. The van der Waals surface area contributed by atoms with E-state index in [1.54, 1.807) is 6.92 Å². The second kappa shape index (κ2) is 9.00. The topological polar surface area (TPSA) is 100 Å². The fraction of sp³-hybridized carbons (Fsp3) is 0.421. The zero-order chi connectivity index (χ0) is 21.1. The summed E-state index contributed by atoms with van der Waals surface area (Å²) in [7, 11) is 0. The summed E-state index contributed by atoms with van der Waals surface area (Å²) in [4.78, 5) is 12.7. The third-order valence-electron chi connectivity index (χ3n) is 4.73. The molecule has 0 amide bonds. The number of rotatable bonds is 8. The Balaban J connectivity index is 2.05. The molecule has 0 atom stereocenters. The van der Waals surface area contributed by atoms with Gasteiger partial charge in [-0.3, -0.25) is 5.10 Å². The number of carbonyl (C=O) groups is 1. The van der Waals surface area contributed by atoms with Crippen LogP contribution in [0.1, 0.15) is 48.6 Å². The number of nitrogens with two attached hydrogens (primary N) is 1. The first-order valence-corrected chi connectivity index (χ1v) is 10.6. The zero-order valence-corrected chi connectivity index (χ0v) is 19.0. The van der Waals surface area contributed by atoms with Crippen LogP contribution in [0.3, 0.4) is 0 Å². The number of carbonyl (C=O) groups excluding carboxylic acids is 1. The molecule has 0 aliphatic carbocycles. The molecule has 3 aromatic rings. The lowest BCUT2D eigenvalue weighted by molar-refractivity contribution is 0.0527. The van der Waals surface area contributed by atoms with Gasteiger partial charge in [0.2, 0.25) is 4.77 Å². The van der Waals surface area contributed by atoms with Gasteiger partial charge in [-0.15, -0.1) is 0 Å². The van der Waals surface area contributed by atoms with Crippen LogP contribution < -0.4 is 10.6 Å². The van der Waals surface area contributed by atoms with Crippen molar-refractivity contribution in [2.45, 2.75) is 46.8 Å². The molecule has 0 bridgehead atoms. The number of unbranched alkanes of at least 4 members (excludes halogenated alkanes) is 1. The number of aromatic nitrogens is 4. The predicted molar refractivity (Wildman–Crippen MR) is 117 cm³/mol. The normalized spacial score (nSPS) is 11.2. The van der Waals surface area contributed by atoms with Crippen molar-refractivity contribution in [1.82, 2.24) is 19.4 Å². The molecule has 0 aliphatic heterocycles. The van der Waals surface area contributed by atoms with Crippen LogP contribution >= 0.6 is 28.1 Å². The molecule has 0 saturated carbocycles. The number of aromatic amines is 1. The standard InChI is InChI=1S/C19H24BrN5O3S/c1-4-6-7-24-11(3)17(18(26)27-5-2)12-8-15(13(20)9-14(12)24)28-10-16-22-23-19(29)25(16)21/h8-9H,4-7,10,21H2,1-3H3,(H,23,29). The SMILES string of the molecule is CCCCn1c(C)c(C(=O)OCC)c2cc(OCc3n[nH]c(=S)n3N)c(Br)cc21. The van der Waals surface area contributed by atoms with Gasteiger partial charge in [0.15, 0.2) is 5.82 Å². The fourth-order valence-corrected chi connectivity index (χ4v) is 3.83. The van der Waals surface area contributed by atoms with Crippen molar-refractivity contribution < 1.29 is 14.3 Å². The molecule has 0 spiro atoms. The summed E-state index contributed by atoms with van der Waals surface area (Å²) in [5.41, 5.74) is 2.41. The maximum absolute atomic E-state index is 12.7. The first-order chi connectivity index (χ1) is 13.9. The Hall–Kier alpha value is -2.33. The Kier molecular flexibility index (Phi) is 6.63. The molecule has 8 nitrogen and oxygen atoms in total. The van der Waals surface area contributed by atoms with Gasteiger partial charge in [0.05, 0.1) is 22.2 Å². The molecule has 0 fully saturated rings. The molecule has 0 saturated heterocycles. The molecule has 10 heteroatoms.